The molecule has 0 saturated carbocycles. The second-order valence-electron chi connectivity index (χ2n) is 4.03. The summed E-state index contributed by atoms with van der Waals surface area (Å²) >= 11 is 1.41. The van der Waals surface area contributed by atoms with Gasteiger partial charge in [-0.05, 0) is 29.6 Å². The maximum Gasteiger partial charge on any atom is 0.251 e. The number of hydrogen-bond acceptors (Lipinski definition) is 3. The molecule has 3 nitrogen and oxygen atoms in total. The van der Waals surface area contributed by atoms with E-state index in [1.165, 1.54) is 17.4 Å². The summed E-state index contributed by atoms with van der Waals surface area (Å²) in [6.45, 7) is -0.0125. The van der Waals surface area contributed by atoms with Gasteiger partial charge in [-0.15, -0.1) is 11.3 Å². The van der Waals surface area contributed by atoms with E-state index in [1.807, 2.05) is 5.38 Å². The molecule has 0 aliphatic heterocycles. The molecule has 2 N–H and O–H groups in total. The van der Waals surface area contributed by atoms with Gasteiger partial charge >= 0.3 is 0 Å². The third-order valence-corrected chi connectivity index (χ3v) is 3.56. The zero-order valence-electron chi connectivity index (χ0n) is 10.8. The molecule has 0 bridgehead atoms. The van der Waals surface area contributed by atoms with Crippen LogP contribution in [0.5, 0.6) is 0 Å². The number of halogens is 2. The summed E-state index contributed by atoms with van der Waals surface area (Å²) in [6.07, 6.45) is 0. The van der Waals surface area contributed by atoms with Crippen LogP contribution < -0.4 is 5.32 Å². The number of aliphatic hydroxyl groups excluding tert-OH is 1. The second-order valence-corrected chi connectivity index (χ2v) is 5.03. The Kier molecular flexibility index (Phi) is 5.04. The topological polar surface area (TPSA) is 49.3 Å². The Labute approximate surface area is 124 Å². The van der Waals surface area contributed by atoms with Crippen molar-refractivity contribution in [3.63, 3.8) is 0 Å². The van der Waals surface area contributed by atoms with Crippen molar-refractivity contribution in [3.05, 3.63) is 57.3 Å². The molecular formula is C15H11F2NO2S. The molecule has 0 fully saturated rings. The van der Waals surface area contributed by atoms with Gasteiger partial charge in [0.05, 0.1) is 6.54 Å². The molecule has 0 aliphatic carbocycles. The minimum Gasteiger partial charge on any atom is -0.384 e. The van der Waals surface area contributed by atoms with Crippen LogP contribution in [0.25, 0.3) is 0 Å². The molecule has 0 atom stereocenters. The van der Waals surface area contributed by atoms with Gasteiger partial charge in [0.15, 0.2) is 11.6 Å². The molecule has 6 heteroatoms. The summed E-state index contributed by atoms with van der Waals surface area (Å²) in [5.41, 5.74) is 0.771. The highest BCUT2D eigenvalue weighted by molar-refractivity contribution is 7.10. The minimum absolute atomic E-state index is 0.0495. The van der Waals surface area contributed by atoms with Crippen LogP contribution in [0.2, 0.25) is 0 Å². The van der Waals surface area contributed by atoms with E-state index >= 15 is 0 Å². The van der Waals surface area contributed by atoms with Crippen LogP contribution >= 0.6 is 11.3 Å². The van der Waals surface area contributed by atoms with Crippen LogP contribution in [0.1, 0.15) is 20.8 Å². The fraction of sp³-hybridized carbons (Fsp3) is 0.133. The first-order valence-electron chi connectivity index (χ1n) is 6.01. The monoisotopic (exact) mass is 307 g/mol. The molecule has 1 aromatic carbocycles. The molecule has 0 aliphatic rings. The predicted molar refractivity (Wildman–Crippen MR) is 75.8 cm³/mol. The second kappa shape index (κ2) is 6.97. The van der Waals surface area contributed by atoms with E-state index in [9.17, 15) is 13.6 Å². The van der Waals surface area contributed by atoms with Crippen molar-refractivity contribution in [3.8, 4) is 11.8 Å². The molecule has 1 amide bonds. The smallest absolute Gasteiger partial charge is 0.251 e. The Morgan fingerprint density at radius 2 is 2.10 bits per heavy atom. The lowest BCUT2D eigenvalue weighted by molar-refractivity contribution is 0.0950. The maximum absolute atomic E-state index is 13.1. The summed E-state index contributed by atoms with van der Waals surface area (Å²) in [5.74, 6) is 2.75. The molecule has 2 aromatic rings. The van der Waals surface area contributed by atoms with E-state index in [2.05, 4.69) is 17.2 Å². The Morgan fingerprint density at radius 1 is 1.29 bits per heavy atom. The van der Waals surface area contributed by atoms with Crippen molar-refractivity contribution in [2.24, 2.45) is 0 Å². The number of thiophene rings is 1. The molecule has 21 heavy (non-hydrogen) atoms. The first kappa shape index (κ1) is 15.2. The molecular weight excluding hydrogens is 296 g/mol. The van der Waals surface area contributed by atoms with E-state index in [1.54, 1.807) is 6.07 Å². The quantitative estimate of drug-likeness (QED) is 0.855. The highest BCUT2D eigenvalue weighted by Crippen LogP contribution is 2.16. The Hall–Kier alpha value is -2.23. The molecule has 0 unspecified atom stereocenters. The lowest BCUT2D eigenvalue weighted by Crippen LogP contribution is -2.22. The van der Waals surface area contributed by atoms with Gasteiger partial charge in [0.1, 0.15) is 6.61 Å². The minimum atomic E-state index is -1.06. The number of carbonyl (C=O) groups excluding carboxylic acids is 1. The van der Waals surface area contributed by atoms with E-state index < -0.39 is 17.5 Å². The SMILES string of the molecule is O=C(NCc1sccc1C#CCO)c1ccc(F)c(F)c1. The number of nitrogens with one attached hydrogen (secondary N) is 1. The molecule has 1 heterocycles. The molecule has 0 spiro atoms. The number of hydrogen-bond donors (Lipinski definition) is 2. The highest BCUT2D eigenvalue weighted by Gasteiger charge is 2.10. The number of aliphatic hydroxyl groups is 1. The largest absolute Gasteiger partial charge is 0.384 e. The average Bonchev–Trinajstić information content (AvgIpc) is 2.92. The van der Waals surface area contributed by atoms with Gasteiger partial charge in [-0.3, -0.25) is 4.79 Å². The van der Waals surface area contributed by atoms with Crippen molar-refractivity contribution in [1.29, 1.82) is 0 Å². The van der Waals surface area contributed by atoms with Crippen LogP contribution in [0.4, 0.5) is 8.78 Å². The zero-order valence-corrected chi connectivity index (χ0v) is 11.6. The van der Waals surface area contributed by atoms with Gasteiger partial charge < -0.3 is 10.4 Å². The number of amides is 1. The first-order valence-corrected chi connectivity index (χ1v) is 6.89. The molecule has 0 saturated heterocycles. The number of carbonyl (C=O) groups is 1. The van der Waals surface area contributed by atoms with Gasteiger partial charge in [0.2, 0.25) is 0 Å². The first-order chi connectivity index (χ1) is 10.1. The summed E-state index contributed by atoms with van der Waals surface area (Å²) in [4.78, 5) is 12.7. The van der Waals surface area contributed by atoms with Crippen molar-refractivity contribution in [2.45, 2.75) is 6.54 Å². The lowest BCUT2D eigenvalue weighted by atomic mass is 10.2. The lowest BCUT2D eigenvalue weighted by Gasteiger charge is -2.05. The summed E-state index contributed by atoms with van der Waals surface area (Å²) in [6, 6.07) is 4.76. The normalized spacial score (nSPS) is 9.86. The fourth-order valence-corrected chi connectivity index (χ4v) is 2.39. The summed E-state index contributed by atoms with van der Waals surface area (Å²) in [5, 5.41) is 13.1. The number of benzene rings is 1. The van der Waals surface area contributed by atoms with Crippen molar-refractivity contribution in [1.82, 2.24) is 5.32 Å². The van der Waals surface area contributed by atoms with Crippen molar-refractivity contribution < 1.29 is 18.7 Å². The van der Waals surface area contributed by atoms with Crippen LogP contribution in [0.3, 0.4) is 0 Å². The van der Waals surface area contributed by atoms with Gasteiger partial charge in [-0.25, -0.2) is 8.78 Å². The van der Waals surface area contributed by atoms with Crippen LogP contribution in [0, 0.1) is 23.5 Å². The fourth-order valence-electron chi connectivity index (χ4n) is 1.62. The molecule has 0 radical (unpaired) electrons. The zero-order chi connectivity index (χ0) is 15.2. The average molecular weight is 307 g/mol. The van der Waals surface area contributed by atoms with Gasteiger partial charge in [0, 0.05) is 16.0 Å². The Balaban J connectivity index is 2.04. The molecule has 108 valence electrons. The number of rotatable bonds is 3. The van der Waals surface area contributed by atoms with Gasteiger partial charge in [0.25, 0.3) is 5.91 Å². The molecule has 1 aromatic heterocycles. The van der Waals surface area contributed by atoms with Crippen molar-refractivity contribution in [2.75, 3.05) is 6.61 Å². The van der Waals surface area contributed by atoms with Gasteiger partial charge in [-0.2, -0.15) is 0 Å². The van der Waals surface area contributed by atoms with E-state index in [-0.39, 0.29) is 18.7 Å². The predicted octanol–water partition coefficient (Wildman–Crippen LogP) is 2.30. The molecule has 2 rings (SSSR count). The highest BCUT2D eigenvalue weighted by atomic mass is 32.1. The van der Waals surface area contributed by atoms with Crippen LogP contribution in [-0.2, 0) is 6.54 Å². The Morgan fingerprint density at radius 3 is 2.81 bits per heavy atom. The Bertz CT molecular complexity index is 716. The third kappa shape index (κ3) is 3.88. The van der Waals surface area contributed by atoms with Crippen molar-refractivity contribution >= 4 is 17.2 Å². The summed E-state index contributed by atoms with van der Waals surface area (Å²) in [7, 11) is 0. The van der Waals surface area contributed by atoms with E-state index in [0.717, 1.165) is 22.6 Å². The van der Waals surface area contributed by atoms with Crippen LogP contribution in [-0.4, -0.2) is 17.6 Å². The maximum atomic E-state index is 13.1. The van der Waals surface area contributed by atoms with E-state index in [0.29, 0.717) is 0 Å². The van der Waals surface area contributed by atoms with E-state index in [4.69, 9.17) is 5.11 Å². The van der Waals surface area contributed by atoms with Gasteiger partial charge in [-0.1, -0.05) is 11.8 Å². The van der Waals surface area contributed by atoms with Crippen LogP contribution in [0.15, 0.2) is 29.6 Å². The third-order valence-electron chi connectivity index (χ3n) is 2.64. The standard InChI is InChI=1S/C15H11F2NO2S/c16-12-4-3-11(8-13(12)17)15(20)18-9-14-10(2-1-6-19)5-7-21-14/h3-5,7-8,19H,6,9H2,(H,18,20). The summed E-state index contributed by atoms with van der Waals surface area (Å²) < 4.78 is 25.9.